The van der Waals surface area contributed by atoms with E-state index in [1.54, 1.807) is 24.3 Å². The average molecular weight is 392 g/mol. The number of thiocarbonyl (C=S) groups is 1. The SMILES string of the molecule is Cc1ccc(S(=O)(=O)CCC(=O)NNC(=S)Nc2cccc(C)c2)cc1. The minimum Gasteiger partial charge on any atom is -0.331 e. The maximum atomic E-state index is 12.2. The number of aryl methyl sites for hydroxylation is 2. The van der Waals surface area contributed by atoms with Gasteiger partial charge >= 0.3 is 0 Å². The van der Waals surface area contributed by atoms with Gasteiger partial charge in [0.1, 0.15) is 0 Å². The van der Waals surface area contributed by atoms with Crippen LogP contribution in [0.1, 0.15) is 17.5 Å². The number of hydrazine groups is 1. The summed E-state index contributed by atoms with van der Waals surface area (Å²) >= 11 is 5.09. The van der Waals surface area contributed by atoms with Crippen LogP contribution >= 0.6 is 12.2 Å². The molecule has 0 aliphatic rings. The van der Waals surface area contributed by atoms with E-state index in [9.17, 15) is 13.2 Å². The number of amides is 1. The number of carbonyl (C=O) groups excluding carboxylic acids is 1. The summed E-state index contributed by atoms with van der Waals surface area (Å²) in [5, 5.41) is 3.14. The molecule has 0 aliphatic heterocycles. The molecule has 0 radical (unpaired) electrons. The van der Waals surface area contributed by atoms with E-state index in [-0.39, 0.29) is 22.2 Å². The zero-order chi connectivity index (χ0) is 19.2. The summed E-state index contributed by atoms with van der Waals surface area (Å²) in [5.41, 5.74) is 7.79. The lowest BCUT2D eigenvalue weighted by atomic mass is 10.2. The maximum absolute atomic E-state index is 12.2. The van der Waals surface area contributed by atoms with E-state index in [0.717, 1.165) is 16.8 Å². The summed E-state index contributed by atoms with van der Waals surface area (Å²) in [5.74, 6) is -0.740. The number of sulfone groups is 1. The second-order valence-electron chi connectivity index (χ2n) is 5.88. The Labute approximate surface area is 158 Å². The second kappa shape index (κ2) is 8.77. The number of hydrogen-bond acceptors (Lipinski definition) is 4. The summed E-state index contributed by atoms with van der Waals surface area (Å²) in [4.78, 5) is 12.1. The van der Waals surface area contributed by atoms with Crippen molar-refractivity contribution in [2.45, 2.75) is 25.2 Å². The van der Waals surface area contributed by atoms with Crippen molar-refractivity contribution in [2.24, 2.45) is 0 Å². The molecule has 6 nitrogen and oxygen atoms in total. The predicted molar refractivity (Wildman–Crippen MR) is 107 cm³/mol. The first-order valence-electron chi connectivity index (χ1n) is 7.98. The van der Waals surface area contributed by atoms with E-state index >= 15 is 0 Å². The molecule has 0 saturated heterocycles. The van der Waals surface area contributed by atoms with Gasteiger partial charge in [0.15, 0.2) is 14.9 Å². The van der Waals surface area contributed by atoms with Crippen molar-refractivity contribution < 1.29 is 13.2 Å². The molecule has 0 atom stereocenters. The Kier molecular flexibility index (Phi) is 6.70. The molecule has 0 saturated carbocycles. The maximum Gasteiger partial charge on any atom is 0.239 e. The minimum absolute atomic E-state index is 0.170. The molecule has 2 aromatic carbocycles. The molecule has 8 heteroatoms. The van der Waals surface area contributed by atoms with Gasteiger partial charge in [-0.3, -0.25) is 15.6 Å². The third kappa shape index (κ3) is 6.12. The quantitative estimate of drug-likeness (QED) is 0.536. The molecule has 2 rings (SSSR count). The first-order chi connectivity index (χ1) is 12.3. The summed E-state index contributed by atoms with van der Waals surface area (Å²) < 4.78 is 24.4. The summed E-state index contributed by atoms with van der Waals surface area (Å²) in [6, 6.07) is 14.1. The third-order valence-corrected chi connectivity index (χ3v) is 5.51. The van der Waals surface area contributed by atoms with E-state index in [4.69, 9.17) is 12.2 Å². The van der Waals surface area contributed by atoms with E-state index < -0.39 is 15.7 Å². The highest BCUT2D eigenvalue weighted by molar-refractivity contribution is 7.91. The number of benzene rings is 2. The zero-order valence-electron chi connectivity index (χ0n) is 14.6. The van der Waals surface area contributed by atoms with Gasteiger partial charge in [-0.1, -0.05) is 29.8 Å². The molecule has 0 spiro atoms. The van der Waals surface area contributed by atoms with Gasteiger partial charge in [0.05, 0.1) is 10.6 Å². The second-order valence-corrected chi connectivity index (χ2v) is 8.40. The first-order valence-corrected chi connectivity index (χ1v) is 10.0. The molecule has 1 amide bonds. The number of anilines is 1. The average Bonchev–Trinajstić information content (AvgIpc) is 2.59. The lowest BCUT2D eigenvalue weighted by molar-refractivity contribution is -0.121. The van der Waals surface area contributed by atoms with Gasteiger partial charge in [-0.05, 0) is 55.9 Å². The van der Waals surface area contributed by atoms with Crippen molar-refractivity contribution in [3.8, 4) is 0 Å². The van der Waals surface area contributed by atoms with Gasteiger partial charge in [0, 0.05) is 12.1 Å². The number of hydrogen-bond donors (Lipinski definition) is 3. The van der Waals surface area contributed by atoms with Gasteiger partial charge < -0.3 is 5.32 Å². The fourth-order valence-corrected chi connectivity index (χ4v) is 3.57. The molecule has 0 fully saturated rings. The molecule has 138 valence electrons. The molecule has 0 heterocycles. The number of nitrogens with one attached hydrogen (secondary N) is 3. The van der Waals surface area contributed by atoms with Gasteiger partial charge in [-0.2, -0.15) is 0 Å². The summed E-state index contributed by atoms with van der Waals surface area (Å²) in [6.07, 6.45) is -0.170. The standard InChI is InChI=1S/C18H21N3O3S2/c1-13-6-8-16(9-7-13)26(23,24)11-10-17(22)20-21-18(25)19-15-5-3-4-14(2)12-15/h3-9,12H,10-11H2,1-2H3,(H,20,22)(H2,19,21,25). The predicted octanol–water partition coefficient (Wildman–Crippen LogP) is 2.49. The van der Waals surface area contributed by atoms with Crippen LogP contribution in [-0.2, 0) is 14.6 Å². The van der Waals surface area contributed by atoms with Crippen LogP contribution in [0.2, 0.25) is 0 Å². The Balaban J connectivity index is 1.79. The molecule has 2 aromatic rings. The Bertz CT molecular complexity index is 894. The fourth-order valence-electron chi connectivity index (χ4n) is 2.16. The van der Waals surface area contributed by atoms with Crippen LogP contribution in [0.3, 0.4) is 0 Å². The fraction of sp³-hybridized carbons (Fsp3) is 0.222. The molecule has 0 unspecified atom stereocenters. The Morgan fingerprint density at radius 3 is 2.35 bits per heavy atom. The first kappa shape index (κ1) is 19.9. The summed E-state index contributed by atoms with van der Waals surface area (Å²) in [6.45, 7) is 3.83. The van der Waals surface area contributed by atoms with Crippen LogP contribution in [0.5, 0.6) is 0 Å². The zero-order valence-corrected chi connectivity index (χ0v) is 16.2. The van der Waals surface area contributed by atoms with Crippen LogP contribution in [-0.4, -0.2) is 25.2 Å². The lowest BCUT2D eigenvalue weighted by Gasteiger charge is -2.12. The Morgan fingerprint density at radius 2 is 1.69 bits per heavy atom. The van der Waals surface area contributed by atoms with E-state index in [1.807, 2.05) is 38.1 Å². The van der Waals surface area contributed by atoms with Crippen molar-refractivity contribution in [3.05, 3.63) is 59.7 Å². The van der Waals surface area contributed by atoms with Crippen LogP contribution in [0, 0.1) is 13.8 Å². The van der Waals surface area contributed by atoms with Gasteiger partial charge in [0.2, 0.25) is 5.91 Å². The lowest BCUT2D eigenvalue weighted by Crippen LogP contribution is -2.44. The van der Waals surface area contributed by atoms with Crippen molar-refractivity contribution in [3.63, 3.8) is 0 Å². The monoisotopic (exact) mass is 391 g/mol. The molecule has 0 aliphatic carbocycles. The van der Waals surface area contributed by atoms with E-state index in [2.05, 4.69) is 16.2 Å². The molecule has 0 bridgehead atoms. The normalized spacial score (nSPS) is 10.8. The van der Waals surface area contributed by atoms with Crippen molar-refractivity contribution >= 4 is 38.8 Å². The van der Waals surface area contributed by atoms with Crippen molar-refractivity contribution in [1.29, 1.82) is 0 Å². The van der Waals surface area contributed by atoms with Gasteiger partial charge in [-0.15, -0.1) is 0 Å². The number of rotatable bonds is 5. The van der Waals surface area contributed by atoms with E-state index in [0.29, 0.717) is 0 Å². The van der Waals surface area contributed by atoms with E-state index in [1.165, 1.54) is 0 Å². The van der Waals surface area contributed by atoms with Gasteiger partial charge in [0.25, 0.3) is 0 Å². The van der Waals surface area contributed by atoms with Crippen LogP contribution in [0.4, 0.5) is 5.69 Å². The molecule has 26 heavy (non-hydrogen) atoms. The van der Waals surface area contributed by atoms with Gasteiger partial charge in [-0.25, -0.2) is 8.42 Å². The van der Waals surface area contributed by atoms with Crippen LogP contribution in [0.15, 0.2) is 53.4 Å². The highest BCUT2D eigenvalue weighted by Gasteiger charge is 2.16. The van der Waals surface area contributed by atoms with Crippen LogP contribution < -0.4 is 16.2 Å². The Morgan fingerprint density at radius 1 is 1.00 bits per heavy atom. The molecule has 0 aromatic heterocycles. The van der Waals surface area contributed by atoms with Crippen molar-refractivity contribution in [2.75, 3.05) is 11.1 Å². The summed E-state index contributed by atoms with van der Waals surface area (Å²) in [7, 11) is -3.50. The molecular formula is C18H21N3O3S2. The minimum atomic E-state index is -3.50. The highest BCUT2D eigenvalue weighted by Crippen LogP contribution is 2.13. The third-order valence-electron chi connectivity index (χ3n) is 3.57. The smallest absolute Gasteiger partial charge is 0.239 e. The largest absolute Gasteiger partial charge is 0.331 e. The highest BCUT2D eigenvalue weighted by atomic mass is 32.2. The topological polar surface area (TPSA) is 87.3 Å². The number of carbonyl (C=O) groups is 1. The van der Waals surface area contributed by atoms with Crippen molar-refractivity contribution in [1.82, 2.24) is 10.9 Å². The Hall–Kier alpha value is -2.45. The van der Waals surface area contributed by atoms with Crippen LogP contribution in [0.25, 0.3) is 0 Å². The molecular weight excluding hydrogens is 370 g/mol. The molecule has 3 N–H and O–H groups in total.